The van der Waals surface area contributed by atoms with Crippen molar-refractivity contribution in [3.05, 3.63) is 71.0 Å². The molecule has 4 rings (SSSR count). The first-order valence-corrected chi connectivity index (χ1v) is 13.6. The van der Waals surface area contributed by atoms with E-state index >= 15 is 0 Å². The van der Waals surface area contributed by atoms with Crippen LogP contribution in [0.5, 0.6) is 0 Å². The summed E-state index contributed by atoms with van der Waals surface area (Å²) in [6.45, 7) is 10.6. The monoisotopic (exact) mass is 538 g/mol. The number of nitrogens with zero attached hydrogens (tertiary/aromatic N) is 3. The minimum absolute atomic E-state index is 0.00328. The van der Waals surface area contributed by atoms with E-state index < -0.39 is 33.3 Å². The van der Waals surface area contributed by atoms with E-state index in [0.717, 1.165) is 4.90 Å². The van der Waals surface area contributed by atoms with Gasteiger partial charge in [0.05, 0.1) is 39.6 Å². The van der Waals surface area contributed by atoms with Crippen molar-refractivity contribution in [1.29, 1.82) is 0 Å². The molecule has 1 aliphatic rings. The van der Waals surface area contributed by atoms with Gasteiger partial charge in [0.2, 0.25) is 9.84 Å². The third-order valence-corrected chi connectivity index (χ3v) is 8.01. The molecule has 11 heteroatoms. The molecule has 1 N–H and O–H groups in total. The van der Waals surface area contributed by atoms with Crippen molar-refractivity contribution in [3.63, 3.8) is 0 Å². The topological polar surface area (TPSA) is 128 Å². The molecular formula is C27H30N4O6S. The van der Waals surface area contributed by atoms with E-state index in [4.69, 9.17) is 4.74 Å². The molecule has 0 fully saturated rings. The van der Waals surface area contributed by atoms with Gasteiger partial charge in [-0.15, -0.1) is 0 Å². The molecule has 2 heterocycles. The number of aryl methyl sites for hydroxylation is 1. The number of alkyl carbamates (subject to hydrolysis) is 1. The summed E-state index contributed by atoms with van der Waals surface area (Å²) in [5.41, 5.74) is 0.993. The first kappa shape index (κ1) is 27.1. The van der Waals surface area contributed by atoms with Gasteiger partial charge in [0.1, 0.15) is 10.5 Å². The van der Waals surface area contributed by atoms with E-state index in [0.29, 0.717) is 22.5 Å². The fraction of sp³-hybridized carbons (Fsp3) is 0.333. The van der Waals surface area contributed by atoms with Gasteiger partial charge in [-0.25, -0.2) is 18.1 Å². The number of nitrogens with one attached hydrogen (secondary N) is 1. The lowest BCUT2D eigenvalue weighted by Gasteiger charge is -2.22. The smallest absolute Gasteiger partial charge is 0.407 e. The van der Waals surface area contributed by atoms with Crippen LogP contribution in [0.3, 0.4) is 0 Å². The highest BCUT2D eigenvalue weighted by Crippen LogP contribution is 2.31. The lowest BCUT2D eigenvalue weighted by Crippen LogP contribution is -2.39. The summed E-state index contributed by atoms with van der Waals surface area (Å²) in [5, 5.41) is 7.12. The normalized spacial score (nSPS) is 14.4. The zero-order chi connectivity index (χ0) is 28.0. The van der Waals surface area contributed by atoms with Crippen molar-refractivity contribution in [2.75, 3.05) is 4.90 Å². The van der Waals surface area contributed by atoms with Crippen LogP contribution < -0.4 is 10.2 Å². The number of carbonyl (C=O) groups is 3. The van der Waals surface area contributed by atoms with Crippen LogP contribution >= 0.6 is 0 Å². The van der Waals surface area contributed by atoms with Gasteiger partial charge in [0.15, 0.2) is 0 Å². The van der Waals surface area contributed by atoms with Crippen LogP contribution in [0.25, 0.3) is 0 Å². The number of sulfone groups is 1. The Labute approximate surface area is 221 Å². The Morgan fingerprint density at radius 1 is 1.00 bits per heavy atom. The fourth-order valence-corrected chi connectivity index (χ4v) is 6.03. The third-order valence-electron chi connectivity index (χ3n) is 5.99. The first-order valence-electron chi connectivity index (χ1n) is 12.1. The molecule has 0 aliphatic carbocycles. The predicted molar refractivity (Wildman–Crippen MR) is 140 cm³/mol. The number of amides is 3. The minimum Gasteiger partial charge on any atom is -0.444 e. The Bertz CT molecular complexity index is 1500. The van der Waals surface area contributed by atoms with Crippen LogP contribution in [-0.2, 0) is 21.1 Å². The third kappa shape index (κ3) is 5.06. The van der Waals surface area contributed by atoms with Gasteiger partial charge < -0.3 is 10.1 Å². The van der Waals surface area contributed by atoms with Crippen molar-refractivity contribution in [2.45, 2.75) is 69.5 Å². The van der Waals surface area contributed by atoms with Crippen molar-refractivity contribution in [2.24, 2.45) is 0 Å². The van der Waals surface area contributed by atoms with E-state index in [2.05, 4.69) is 10.4 Å². The van der Waals surface area contributed by atoms with E-state index in [1.165, 1.54) is 28.9 Å². The quantitative estimate of drug-likeness (QED) is 0.469. The number of ether oxygens (including phenoxy) is 1. The number of carbonyl (C=O) groups excluding carboxylic acids is 3. The number of hydrogen-bond donors (Lipinski definition) is 1. The molecule has 3 aromatic rings. The van der Waals surface area contributed by atoms with E-state index in [1.807, 2.05) is 0 Å². The highest BCUT2D eigenvalue weighted by molar-refractivity contribution is 7.91. The van der Waals surface area contributed by atoms with Crippen molar-refractivity contribution in [3.8, 4) is 0 Å². The molecule has 200 valence electrons. The molecule has 38 heavy (non-hydrogen) atoms. The Hall–Kier alpha value is -3.99. The molecule has 0 bridgehead atoms. The molecule has 1 aromatic heterocycles. The Morgan fingerprint density at radius 2 is 1.55 bits per heavy atom. The summed E-state index contributed by atoms with van der Waals surface area (Å²) in [5.74, 6) is -0.911. The van der Waals surface area contributed by atoms with Gasteiger partial charge in [-0.05, 0) is 77.9 Å². The molecule has 1 aliphatic heterocycles. The molecule has 2 aromatic carbocycles. The van der Waals surface area contributed by atoms with Crippen LogP contribution in [0.2, 0.25) is 0 Å². The van der Waals surface area contributed by atoms with E-state index in [-0.39, 0.29) is 28.1 Å². The maximum absolute atomic E-state index is 13.6. The van der Waals surface area contributed by atoms with Gasteiger partial charge in [-0.3, -0.25) is 14.3 Å². The average Bonchev–Trinajstić information content (AvgIpc) is 3.24. The summed E-state index contributed by atoms with van der Waals surface area (Å²) in [6, 6.07) is 11.8. The predicted octanol–water partition coefficient (Wildman–Crippen LogP) is 4.05. The number of benzene rings is 2. The summed E-state index contributed by atoms with van der Waals surface area (Å²) >= 11 is 0. The number of hydrogen-bond acceptors (Lipinski definition) is 7. The van der Waals surface area contributed by atoms with Gasteiger partial charge in [-0.2, -0.15) is 5.10 Å². The second-order valence-corrected chi connectivity index (χ2v) is 12.1. The summed E-state index contributed by atoms with van der Waals surface area (Å²) in [7, 11) is -3.97. The van der Waals surface area contributed by atoms with Crippen LogP contribution in [-0.4, -0.2) is 47.7 Å². The SMILES string of the molecule is Cc1nn(C[C@@H](C)NC(=O)OC(C)(C)C)c(C)c1S(=O)(=O)c1ccc(N2C(=O)c3ccccc3C2=O)cc1. The average molecular weight is 539 g/mol. The summed E-state index contributed by atoms with van der Waals surface area (Å²) in [4.78, 5) is 38.7. The molecule has 0 radical (unpaired) electrons. The second-order valence-electron chi connectivity index (χ2n) is 10.2. The molecule has 0 spiro atoms. The summed E-state index contributed by atoms with van der Waals surface area (Å²) in [6.07, 6.45) is -0.572. The van der Waals surface area contributed by atoms with Crippen LogP contribution in [0.1, 0.15) is 59.8 Å². The standard InChI is InChI=1S/C27H30N4O6S/c1-16(28-26(34)37-27(4,5)6)15-30-18(3)23(17(2)29-30)38(35,36)20-13-11-19(12-14-20)31-24(32)21-9-7-8-10-22(21)25(31)33/h7-14,16H,15H2,1-6H3,(H,28,34)/t16-/m1/s1. The minimum atomic E-state index is -3.97. The fourth-order valence-electron chi connectivity index (χ4n) is 4.38. The molecular weight excluding hydrogens is 508 g/mol. The van der Waals surface area contributed by atoms with Crippen LogP contribution in [0.15, 0.2) is 58.3 Å². The van der Waals surface area contributed by atoms with E-state index in [9.17, 15) is 22.8 Å². The Kier molecular flexibility index (Phi) is 6.92. The number of anilines is 1. The molecule has 0 unspecified atom stereocenters. The van der Waals surface area contributed by atoms with E-state index in [1.54, 1.807) is 65.8 Å². The van der Waals surface area contributed by atoms with Crippen molar-refractivity contribution in [1.82, 2.24) is 15.1 Å². The Balaban J connectivity index is 1.55. The number of fused-ring (bicyclic) bond motifs is 1. The summed E-state index contributed by atoms with van der Waals surface area (Å²) < 4.78 is 33.9. The first-order chi connectivity index (χ1) is 17.7. The largest absolute Gasteiger partial charge is 0.444 e. The van der Waals surface area contributed by atoms with Crippen molar-refractivity contribution >= 4 is 33.4 Å². The molecule has 1 atom stereocenters. The Morgan fingerprint density at radius 3 is 2.08 bits per heavy atom. The second kappa shape index (κ2) is 9.71. The highest BCUT2D eigenvalue weighted by atomic mass is 32.2. The van der Waals surface area contributed by atoms with Crippen LogP contribution in [0, 0.1) is 13.8 Å². The maximum Gasteiger partial charge on any atom is 0.407 e. The van der Waals surface area contributed by atoms with Gasteiger partial charge in [-0.1, -0.05) is 12.1 Å². The molecule has 0 saturated heterocycles. The highest BCUT2D eigenvalue weighted by Gasteiger charge is 2.36. The molecule has 0 saturated carbocycles. The van der Waals surface area contributed by atoms with Gasteiger partial charge >= 0.3 is 6.09 Å². The zero-order valence-corrected chi connectivity index (χ0v) is 22.9. The maximum atomic E-state index is 13.6. The van der Waals surface area contributed by atoms with Gasteiger partial charge in [0, 0.05) is 6.04 Å². The number of imide groups is 1. The lowest BCUT2D eigenvalue weighted by molar-refractivity contribution is 0.0502. The number of rotatable bonds is 6. The van der Waals surface area contributed by atoms with Crippen LogP contribution in [0.4, 0.5) is 10.5 Å². The number of aromatic nitrogens is 2. The van der Waals surface area contributed by atoms with Gasteiger partial charge in [0.25, 0.3) is 11.8 Å². The zero-order valence-electron chi connectivity index (χ0n) is 22.1. The molecule has 10 nitrogen and oxygen atoms in total. The molecule has 3 amide bonds. The van der Waals surface area contributed by atoms with Crippen molar-refractivity contribution < 1.29 is 27.5 Å². The lowest BCUT2D eigenvalue weighted by atomic mass is 10.1.